The summed E-state index contributed by atoms with van der Waals surface area (Å²) in [5, 5.41) is 3.25. The molecule has 1 heterocycles. The highest BCUT2D eigenvalue weighted by atomic mass is 32.2. The van der Waals surface area contributed by atoms with E-state index in [1.54, 1.807) is 19.2 Å². The standard InChI is InChI=1S/C12H17FN2OS/c1-16-9-2-3-10(13)11(6-9)15-12(7-14)4-5-17-8-12/h2-3,6,15H,4-5,7-8,14H2,1H3. The van der Waals surface area contributed by atoms with Crippen molar-refractivity contribution in [1.82, 2.24) is 0 Å². The van der Waals surface area contributed by atoms with Crippen LogP contribution in [0.25, 0.3) is 0 Å². The third-order valence-corrected chi connectivity index (χ3v) is 4.32. The molecule has 2 rings (SSSR count). The first kappa shape index (κ1) is 12.5. The molecule has 0 radical (unpaired) electrons. The Labute approximate surface area is 105 Å². The summed E-state index contributed by atoms with van der Waals surface area (Å²) in [6.07, 6.45) is 0.963. The number of methoxy groups -OCH3 is 1. The third kappa shape index (κ3) is 2.66. The number of halogens is 1. The topological polar surface area (TPSA) is 47.3 Å². The van der Waals surface area contributed by atoms with Crippen molar-refractivity contribution in [3.8, 4) is 5.75 Å². The molecular weight excluding hydrogens is 239 g/mol. The van der Waals surface area contributed by atoms with Crippen LogP contribution in [0.4, 0.5) is 10.1 Å². The summed E-state index contributed by atoms with van der Waals surface area (Å²) in [5.41, 5.74) is 6.09. The van der Waals surface area contributed by atoms with Crippen molar-refractivity contribution in [2.75, 3.05) is 30.5 Å². The van der Waals surface area contributed by atoms with Gasteiger partial charge in [-0.05, 0) is 24.3 Å². The van der Waals surface area contributed by atoms with Gasteiger partial charge in [0.25, 0.3) is 0 Å². The van der Waals surface area contributed by atoms with Crippen molar-refractivity contribution in [3.05, 3.63) is 24.0 Å². The summed E-state index contributed by atoms with van der Waals surface area (Å²) in [4.78, 5) is 0. The van der Waals surface area contributed by atoms with E-state index in [0.717, 1.165) is 17.9 Å². The Balaban J connectivity index is 2.22. The summed E-state index contributed by atoms with van der Waals surface area (Å²) < 4.78 is 18.8. The molecule has 0 amide bonds. The molecule has 1 unspecified atom stereocenters. The Morgan fingerprint density at radius 3 is 3.00 bits per heavy atom. The smallest absolute Gasteiger partial charge is 0.146 e. The molecule has 0 bridgehead atoms. The summed E-state index contributed by atoms with van der Waals surface area (Å²) in [6, 6.07) is 4.70. The maximum atomic E-state index is 13.7. The van der Waals surface area contributed by atoms with E-state index >= 15 is 0 Å². The van der Waals surface area contributed by atoms with E-state index < -0.39 is 0 Å². The Morgan fingerprint density at radius 1 is 1.59 bits per heavy atom. The number of benzene rings is 1. The van der Waals surface area contributed by atoms with Gasteiger partial charge in [-0.2, -0.15) is 11.8 Å². The van der Waals surface area contributed by atoms with Gasteiger partial charge in [-0.1, -0.05) is 0 Å². The first-order chi connectivity index (χ1) is 8.19. The monoisotopic (exact) mass is 256 g/mol. The van der Waals surface area contributed by atoms with Crippen LogP contribution in [0.1, 0.15) is 6.42 Å². The quantitative estimate of drug-likeness (QED) is 0.866. The van der Waals surface area contributed by atoms with Gasteiger partial charge < -0.3 is 15.8 Å². The van der Waals surface area contributed by atoms with E-state index in [2.05, 4.69) is 5.32 Å². The Morgan fingerprint density at radius 2 is 2.41 bits per heavy atom. The van der Waals surface area contributed by atoms with Gasteiger partial charge in [0.2, 0.25) is 0 Å². The summed E-state index contributed by atoms with van der Waals surface area (Å²) in [6.45, 7) is 0.511. The fourth-order valence-electron chi connectivity index (χ4n) is 1.93. The van der Waals surface area contributed by atoms with E-state index in [1.165, 1.54) is 6.07 Å². The van der Waals surface area contributed by atoms with Gasteiger partial charge in [-0.25, -0.2) is 4.39 Å². The van der Waals surface area contributed by atoms with Crippen molar-refractivity contribution >= 4 is 17.4 Å². The first-order valence-corrected chi connectivity index (χ1v) is 6.74. The van der Waals surface area contributed by atoms with Gasteiger partial charge in [-0.15, -0.1) is 0 Å². The van der Waals surface area contributed by atoms with Gasteiger partial charge >= 0.3 is 0 Å². The third-order valence-electron chi connectivity index (χ3n) is 3.07. The van der Waals surface area contributed by atoms with Crippen LogP contribution in [-0.4, -0.2) is 30.7 Å². The molecule has 17 heavy (non-hydrogen) atoms. The maximum Gasteiger partial charge on any atom is 0.146 e. The van der Waals surface area contributed by atoms with Crippen molar-refractivity contribution in [2.45, 2.75) is 12.0 Å². The summed E-state index contributed by atoms with van der Waals surface area (Å²) >= 11 is 1.84. The van der Waals surface area contributed by atoms with Crippen LogP contribution < -0.4 is 15.8 Å². The minimum atomic E-state index is -0.268. The number of nitrogens with two attached hydrogens (primary N) is 1. The molecule has 1 atom stereocenters. The molecule has 1 aromatic carbocycles. The highest BCUT2D eigenvalue weighted by Gasteiger charge is 2.33. The Hall–Kier alpha value is -0.940. The number of hydrogen-bond donors (Lipinski definition) is 2. The molecule has 1 saturated heterocycles. The zero-order valence-electron chi connectivity index (χ0n) is 9.83. The molecule has 1 aliphatic heterocycles. The van der Waals surface area contributed by atoms with Gasteiger partial charge in [-0.3, -0.25) is 0 Å². The second kappa shape index (κ2) is 5.14. The number of anilines is 1. The molecule has 5 heteroatoms. The molecular formula is C12H17FN2OS. The summed E-state index contributed by atoms with van der Waals surface area (Å²) in [5.74, 6) is 2.36. The van der Waals surface area contributed by atoms with E-state index in [1.807, 2.05) is 11.8 Å². The van der Waals surface area contributed by atoms with Crippen LogP contribution in [0.2, 0.25) is 0 Å². The van der Waals surface area contributed by atoms with Crippen LogP contribution in [0, 0.1) is 5.82 Å². The van der Waals surface area contributed by atoms with Crippen molar-refractivity contribution < 1.29 is 9.13 Å². The zero-order valence-corrected chi connectivity index (χ0v) is 10.6. The van der Waals surface area contributed by atoms with Crippen LogP contribution in [0.3, 0.4) is 0 Å². The average molecular weight is 256 g/mol. The molecule has 1 fully saturated rings. The lowest BCUT2D eigenvalue weighted by molar-refractivity contribution is 0.413. The lowest BCUT2D eigenvalue weighted by Gasteiger charge is -2.29. The highest BCUT2D eigenvalue weighted by Crippen LogP contribution is 2.32. The largest absolute Gasteiger partial charge is 0.497 e. The minimum Gasteiger partial charge on any atom is -0.497 e. The van der Waals surface area contributed by atoms with Gasteiger partial charge in [0.15, 0.2) is 0 Å². The van der Waals surface area contributed by atoms with E-state index in [-0.39, 0.29) is 11.4 Å². The predicted molar refractivity (Wildman–Crippen MR) is 70.3 cm³/mol. The SMILES string of the molecule is COc1ccc(F)c(NC2(CN)CCSC2)c1. The number of ether oxygens (including phenoxy) is 1. The first-order valence-electron chi connectivity index (χ1n) is 5.59. The molecule has 0 aliphatic carbocycles. The van der Waals surface area contributed by atoms with E-state index in [4.69, 9.17) is 10.5 Å². The number of rotatable bonds is 4. The molecule has 94 valence electrons. The second-order valence-electron chi connectivity index (χ2n) is 4.26. The zero-order chi connectivity index (χ0) is 12.3. The summed E-state index contributed by atoms with van der Waals surface area (Å²) in [7, 11) is 1.57. The number of hydrogen-bond acceptors (Lipinski definition) is 4. The average Bonchev–Trinajstić information content (AvgIpc) is 2.81. The lowest BCUT2D eigenvalue weighted by atomic mass is 9.98. The number of nitrogens with one attached hydrogen (secondary N) is 1. The molecule has 3 N–H and O–H groups in total. The number of thioether (sulfide) groups is 1. The molecule has 0 aromatic heterocycles. The maximum absolute atomic E-state index is 13.7. The van der Waals surface area contributed by atoms with Crippen LogP contribution in [-0.2, 0) is 0 Å². The van der Waals surface area contributed by atoms with Gasteiger partial charge in [0.1, 0.15) is 11.6 Å². The van der Waals surface area contributed by atoms with Crippen molar-refractivity contribution in [2.24, 2.45) is 5.73 Å². The fourth-order valence-corrected chi connectivity index (χ4v) is 3.34. The van der Waals surface area contributed by atoms with E-state index in [0.29, 0.717) is 18.0 Å². The normalized spacial score (nSPS) is 23.7. The van der Waals surface area contributed by atoms with Crippen LogP contribution >= 0.6 is 11.8 Å². The van der Waals surface area contributed by atoms with Crippen LogP contribution in [0.15, 0.2) is 18.2 Å². The second-order valence-corrected chi connectivity index (χ2v) is 5.36. The molecule has 0 spiro atoms. The lowest BCUT2D eigenvalue weighted by Crippen LogP contribution is -2.45. The molecule has 0 saturated carbocycles. The molecule has 1 aromatic rings. The molecule has 3 nitrogen and oxygen atoms in total. The minimum absolute atomic E-state index is 0.183. The van der Waals surface area contributed by atoms with Crippen molar-refractivity contribution in [1.29, 1.82) is 0 Å². The van der Waals surface area contributed by atoms with Gasteiger partial charge in [0.05, 0.1) is 18.3 Å². The predicted octanol–water partition coefficient (Wildman–Crippen LogP) is 2.08. The van der Waals surface area contributed by atoms with Crippen molar-refractivity contribution in [3.63, 3.8) is 0 Å². The fraction of sp³-hybridized carbons (Fsp3) is 0.500. The van der Waals surface area contributed by atoms with E-state index in [9.17, 15) is 4.39 Å². The Kier molecular flexibility index (Phi) is 3.79. The van der Waals surface area contributed by atoms with Gasteiger partial charge in [0, 0.05) is 18.4 Å². The Bertz CT molecular complexity index is 394. The molecule has 1 aliphatic rings. The highest BCUT2D eigenvalue weighted by molar-refractivity contribution is 7.99. The van der Waals surface area contributed by atoms with Crippen LogP contribution in [0.5, 0.6) is 5.75 Å².